The van der Waals surface area contributed by atoms with Crippen LogP contribution in [0, 0.1) is 0 Å². The monoisotopic (exact) mass is 393 g/mol. The summed E-state index contributed by atoms with van der Waals surface area (Å²) < 4.78 is 5.10. The Morgan fingerprint density at radius 3 is 2.88 bits per heavy atom. The van der Waals surface area contributed by atoms with Crippen molar-refractivity contribution >= 4 is 35.0 Å². The molecule has 0 aliphatic heterocycles. The van der Waals surface area contributed by atoms with Gasteiger partial charge in [-0.05, 0) is 50.8 Å². The molecular weight excluding hydrogens is 374 g/mol. The average molecular weight is 394 g/mol. The number of nitrogens with one attached hydrogen (secondary N) is 2. The number of aryl methyl sites for hydroxylation is 1. The lowest BCUT2D eigenvalue weighted by atomic mass is 9.97. The summed E-state index contributed by atoms with van der Waals surface area (Å²) in [5, 5.41) is 3.28. The molecule has 1 atom stereocenters. The fourth-order valence-corrected chi connectivity index (χ4v) is 3.92. The van der Waals surface area contributed by atoms with Crippen molar-refractivity contribution in [2.45, 2.75) is 43.0 Å². The van der Waals surface area contributed by atoms with Crippen LogP contribution in [0.15, 0.2) is 28.2 Å². The van der Waals surface area contributed by atoms with Crippen molar-refractivity contribution in [3.05, 3.63) is 44.8 Å². The van der Waals surface area contributed by atoms with Gasteiger partial charge in [0, 0.05) is 11.3 Å². The number of nitrogens with zero attached hydrogens (tertiary/aromatic N) is 1. The van der Waals surface area contributed by atoms with E-state index < -0.39 is 5.25 Å². The Morgan fingerprint density at radius 2 is 2.15 bits per heavy atom. The zero-order valence-electron chi connectivity index (χ0n) is 14.6. The van der Waals surface area contributed by atoms with E-state index in [-0.39, 0.29) is 11.5 Å². The summed E-state index contributed by atoms with van der Waals surface area (Å²) in [6.07, 6.45) is 3.66. The van der Waals surface area contributed by atoms with E-state index in [0.717, 1.165) is 36.9 Å². The molecule has 1 amide bonds. The maximum absolute atomic E-state index is 12.4. The second-order valence-corrected chi connectivity index (χ2v) is 7.84. The molecule has 0 saturated carbocycles. The topological polar surface area (TPSA) is 84.1 Å². The number of thioether (sulfide) groups is 1. The molecule has 1 aromatic carbocycles. The molecule has 1 aliphatic carbocycles. The van der Waals surface area contributed by atoms with E-state index in [9.17, 15) is 9.59 Å². The molecule has 2 aromatic rings. The fraction of sp³-hybridized carbons (Fsp3) is 0.389. The molecule has 0 radical (unpaired) electrons. The molecule has 1 aromatic heterocycles. The van der Waals surface area contributed by atoms with E-state index in [1.54, 1.807) is 25.1 Å². The lowest BCUT2D eigenvalue weighted by Crippen LogP contribution is -2.25. The number of methoxy groups -OCH3 is 1. The van der Waals surface area contributed by atoms with Gasteiger partial charge in [-0.2, -0.15) is 0 Å². The van der Waals surface area contributed by atoms with Gasteiger partial charge in [-0.15, -0.1) is 0 Å². The van der Waals surface area contributed by atoms with Gasteiger partial charge < -0.3 is 15.0 Å². The fourth-order valence-electron chi connectivity index (χ4n) is 2.85. The summed E-state index contributed by atoms with van der Waals surface area (Å²) in [5.74, 6) is 0.347. The van der Waals surface area contributed by atoms with Crippen molar-refractivity contribution in [1.82, 2.24) is 9.97 Å². The first kappa shape index (κ1) is 18.8. The molecule has 0 saturated heterocycles. The van der Waals surface area contributed by atoms with Gasteiger partial charge in [-0.1, -0.05) is 23.4 Å². The number of ether oxygens (including phenoxy) is 1. The molecule has 138 valence electrons. The van der Waals surface area contributed by atoms with Crippen molar-refractivity contribution < 1.29 is 9.53 Å². The Kier molecular flexibility index (Phi) is 5.88. The lowest BCUT2D eigenvalue weighted by Gasteiger charge is -2.16. The number of aromatic nitrogens is 2. The van der Waals surface area contributed by atoms with Crippen LogP contribution in [0.5, 0.6) is 5.75 Å². The number of anilines is 1. The highest BCUT2D eigenvalue weighted by atomic mass is 35.5. The molecular formula is C18H20ClN3O3S. The number of fused-ring (bicyclic) bond motifs is 1. The largest absolute Gasteiger partial charge is 0.495 e. The van der Waals surface area contributed by atoms with Crippen LogP contribution in [-0.4, -0.2) is 28.2 Å². The minimum Gasteiger partial charge on any atom is -0.495 e. The number of hydrogen-bond acceptors (Lipinski definition) is 5. The SMILES string of the molecule is COc1ccc(NC(=O)[C@@H](C)Sc2nc3c(c(=O)[nH]2)CCCC3)cc1Cl. The maximum Gasteiger partial charge on any atom is 0.254 e. The van der Waals surface area contributed by atoms with Crippen LogP contribution in [0.25, 0.3) is 0 Å². The molecule has 1 heterocycles. The highest BCUT2D eigenvalue weighted by molar-refractivity contribution is 8.00. The first-order valence-corrected chi connectivity index (χ1v) is 9.67. The zero-order chi connectivity index (χ0) is 18.7. The number of hydrogen-bond donors (Lipinski definition) is 2. The minimum absolute atomic E-state index is 0.0910. The van der Waals surface area contributed by atoms with Gasteiger partial charge in [-0.3, -0.25) is 9.59 Å². The third-order valence-electron chi connectivity index (χ3n) is 4.25. The van der Waals surface area contributed by atoms with Gasteiger partial charge in [0.05, 0.1) is 23.1 Å². The third kappa shape index (κ3) is 4.22. The molecule has 0 bridgehead atoms. The smallest absolute Gasteiger partial charge is 0.254 e. The van der Waals surface area contributed by atoms with Gasteiger partial charge in [0.1, 0.15) is 5.75 Å². The Morgan fingerprint density at radius 1 is 1.38 bits per heavy atom. The van der Waals surface area contributed by atoms with Crippen molar-refractivity contribution in [3.63, 3.8) is 0 Å². The number of benzene rings is 1. The van der Waals surface area contributed by atoms with Crippen molar-refractivity contribution in [2.75, 3.05) is 12.4 Å². The number of carbonyl (C=O) groups excluding carboxylic acids is 1. The van der Waals surface area contributed by atoms with Crippen LogP contribution >= 0.6 is 23.4 Å². The van der Waals surface area contributed by atoms with Crippen LogP contribution in [0.1, 0.15) is 31.0 Å². The molecule has 26 heavy (non-hydrogen) atoms. The van der Waals surface area contributed by atoms with E-state index in [1.165, 1.54) is 18.9 Å². The number of halogens is 1. The number of amides is 1. The van der Waals surface area contributed by atoms with E-state index in [4.69, 9.17) is 16.3 Å². The van der Waals surface area contributed by atoms with Crippen LogP contribution in [0.3, 0.4) is 0 Å². The summed E-state index contributed by atoms with van der Waals surface area (Å²) in [7, 11) is 1.53. The lowest BCUT2D eigenvalue weighted by molar-refractivity contribution is -0.115. The normalized spacial score (nSPS) is 14.4. The van der Waals surface area contributed by atoms with Gasteiger partial charge in [0.25, 0.3) is 5.56 Å². The Bertz CT molecular complexity index is 884. The molecule has 8 heteroatoms. The maximum atomic E-state index is 12.4. The molecule has 0 fully saturated rings. The third-order valence-corrected chi connectivity index (χ3v) is 5.53. The minimum atomic E-state index is -0.430. The van der Waals surface area contributed by atoms with Crippen LogP contribution in [-0.2, 0) is 17.6 Å². The van der Waals surface area contributed by atoms with Crippen LogP contribution < -0.4 is 15.6 Å². The van der Waals surface area contributed by atoms with E-state index in [2.05, 4.69) is 15.3 Å². The number of aromatic amines is 1. The first-order valence-electron chi connectivity index (χ1n) is 8.41. The summed E-state index contributed by atoms with van der Waals surface area (Å²) in [6.45, 7) is 1.77. The summed E-state index contributed by atoms with van der Waals surface area (Å²) >= 11 is 7.31. The van der Waals surface area contributed by atoms with E-state index >= 15 is 0 Å². The molecule has 1 aliphatic rings. The predicted molar refractivity (Wildman–Crippen MR) is 103 cm³/mol. The Hall–Kier alpha value is -1.99. The highest BCUT2D eigenvalue weighted by Crippen LogP contribution is 2.28. The van der Waals surface area contributed by atoms with Crippen LogP contribution in [0.4, 0.5) is 5.69 Å². The number of H-pyrrole nitrogens is 1. The van der Waals surface area contributed by atoms with Crippen molar-refractivity contribution in [1.29, 1.82) is 0 Å². The molecule has 2 N–H and O–H groups in total. The van der Waals surface area contributed by atoms with E-state index in [1.807, 2.05) is 0 Å². The quantitative estimate of drug-likeness (QED) is 0.600. The Balaban J connectivity index is 1.69. The summed E-state index contributed by atoms with van der Waals surface area (Å²) in [4.78, 5) is 31.9. The number of rotatable bonds is 5. The van der Waals surface area contributed by atoms with Crippen molar-refractivity contribution in [3.8, 4) is 5.75 Å². The molecule has 3 rings (SSSR count). The molecule has 0 spiro atoms. The predicted octanol–water partition coefficient (Wildman–Crippen LogP) is 3.43. The first-order chi connectivity index (χ1) is 12.5. The summed E-state index contributed by atoms with van der Waals surface area (Å²) in [6, 6.07) is 5.05. The van der Waals surface area contributed by atoms with Gasteiger partial charge in [-0.25, -0.2) is 4.98 Å². The second kappa shape index (κ2) is 8.14. The average Bonchev–Trinajstić information content (AvgIpc) is 2.62. The Labute approximate surface area is 160 Å². The van der Waals surface area contributed by atoms with Gasteiger partial charge in [0.2, 0.25) is 5.91 Å². The van der Waals surface area contributed by atoms with Gasteiger partial charge in [0.15, 0.2) is 5.16 Å². The van der Waals surface area contributed by atoms with Gasteiger partial charge >= 0.3 is 0 Å². The van der Waals surface area contributed by atoms with Crippen molar-refractivity contribution in [2.24, 2.45) is 0 Å². The number of carbonyl (C=O) groups is 1. The van der Waals surface area contributed by atoms with Crippen LogP contribution in [0.2, 0.25) is 5.02 Å². The molecule has 6 nitrogen and oxygen atoms in total. The van der Waals surface area contributed by atoms with E-state index in [0.29, 0.717) is 21.6 Å². The second-order valence-electron chi connectivity index (χ2n) is 6.10. The summed E-state index contributed by atoms with van der Waals surface area (Å²) in [5.41, 5.74) is 2.13. The zero-order valence-corrected chi connectivity index (χ0v) is 16.2. The highest BCUT2D eigenvalue weighted by Gasteiger charge is 2.20. The molecule has 0 unspecified atom stereocenters. The standard InChI is InChI=1S/C18H20ClN3O3S/c1-10(16(23)20-11-7-8-15(25-2)13(19)9-11)26-18-21-14-6-4-3-5-12(14)17(24)22-18/h7-10H,3-6H2,1-2H3,(H,20,23)(H,21,22,24)/t10-/m1/s1.